The molecule has 0 fully saturated rings. The highest BCUT2D eigenvalue weighted by molar-refractivity contribution is 5.20. The number of nitrogens with one attached hydrogen (secondary N) is 1. The Balaban J connectivity index is 2.07. The first-order valence-electron chi connectivity index (χ1n) is 5.03. The van der Waals surface area contributed by atoms with Crippen LogP contribution in [0.1, 0.15) is 24.1 Å². The van der Waals surface area contributed by atoms with Crippen LogP contribution in [0.3, 0.4) is 0 Å². The zero-order valence-electron chi connectivity index (χ0n) is 8.40. The van der Waals surface area contributed by atoms with Crippen molar-refractivity contribution < 1.29 is 0 Å². The summed E-state index contributed by atoms with van der Waals surface area (Å²) < 4.78 is 0. The summed E-state index contributed by atoms with van der Waals surface area (Å²) in [6, 6.07) is 14.8. The molecule has 2 rings (SSSR count). The topological polar surface area (TPSA) is 15.8 Å². The van der Waals surface area contributed by atoms with E-state index in [1.54, 1.807) is 0 Å². The van der Waals surface area contributed by atoms with E-state index < -0.39 is 0 Å². The van der Waals surface area contributed by atoms with Gasteiger partial charge in [-0.1, -0.05) is 37.3 Å². The summed E-state index contributed by atoms with van der Waals surface area (Å²) in [4.78, 5) is 3.24. The van der Waals surface area contributed by atoms with Crippen molar-refractivity contribution in [3.8, 4) is 0 Å². The van der Waals surface area contributed by atoms with Gasteiger partial charge in [0, 0.05) is 11.9 Å². The van der Waals surface area contributed by atoms with Crippen LogP contribution in [0.25, 0.3) is 0 Å². The van der Waals surface area contributed by atoms with Crippen molar-refractivity contribution in [3.63, 3.8) is 0 Å². The minimum atomic E-state index is 0.579. The molecule has 0 bridgehead atoms. The third kappa shape index (κ3) is 2.05. The van der Waals surface area contributed by atoms with E-state index in [-0.39, 0.29) is 0 Å². The van der Waals surface area contributed by atoms with Crippen LogP contribution in [0, 0.1) is 0 Å². The summed E-state index contributed by atoms with van der Waals surface area (Å²) in [5.41, 5.74) is 2.71. The average Bonchev–Trinajstić information content (AvgIpc) is 2.72. The second-order valence-corrected chi connectivity index (χ2v) is 3.71. The van der Waals surface area contributed by atoms with Gasteiger partial charge in [-0.25, -0.2) is 0 Å². The highest BCUT2D eigenvalue weighted by Gasteiger charge is 2.05. The SMILES string of the molecule is CC(Cc1ccc[nH]1)c1ccccc1. The molecular formula is C13H15N. The third-order valence-electron chi connectivity index (χ3n) is 2.56. The Hall–Kier alpha value is -1.50. The Labute approximate surface area is 84.8 Å². The van der Waals surface area contributed by atoms with E-state index in [9.17, 15) is 0 Å². The summed E-state index contributed by atoms with van der Waals surface area (Å²) in [7, 11) is 0. The molecule has 1 aromatic carbocycles. The molecule has 0 amide bonds. The number of H-pyrrole nitrogens is 1. The van der Waals surface area contributed by atoms with Crippen molar-refractivity contribution in [1.82, 2.24) is 4.98 Å². The summed E-state index contributed by atoms with van der Waals surface area (Å²) >= 11 is 0. The van der Waals surface area contributed by atoms with Crippen molar-refractivity contribution in [2.45, 2.75) is 19.3 Å². The van der Waals surface area contributed by atoms with Gasteiger partial charge in [0.05, 0.1) is 0 Å². The highest BCUT2D eigenvalue weighted by atomic mass is 14.7. The Kier molecular flexibility index (Phi) is 2.68. The van der Waals surface area contributed by atoms with Crippen LogP contribution in [0.4, 0.5) is 0 Å². The number of hydrogen-bond donors (Lipinski definition) is 1. The number of aromatic nitrogens is 1. The van der Waals surface area contributed by atoms with Crippen molar-refractivity contribution in [1.29, 1.82) is 0 Å². The molecule has 1 heteroatoms. The average molecular weight is 185 g/mol. The fourth-order valence-electron chi connectivity index (χ4n) is 1.72. The quantitative estimate of drug-likeness (QED) is 0.754. The van der Waals surface area contributed by atoms with Crippen LogP contribution >= 0.6 is 0 Å². The molecule has 2 aromatic rings. The lowest BCUT2D eigenvalue weighted by Gasteiger charge is -2.10. The maximum atomic E-state index is 3.24. The van der Waals surface area contributed by atoms with E-state index in [4.69, 9.17) is 0 Å². The molecular weight excluding hydrogens is 170 g/mol. The first-order chi connectivity index (χ1) is 6.86. The maximum absolute atomic E-state index is 3.24. The lowest BCUT2D eigenvalue weighted by molar-refractivity contribution is 0.745. The van der Waals surface area contributed by atoms with E-state index in [0.717, 1.165) is 6.42 Å². The Morgan fingerprint density at radius 1 is 1.07 bits per heavy atom. The van der Waals surface area contributed by atoms with Crippen LogP contribution in [0.15, 0.2) is 48.7 Å². The second kappa shape index (κ2) is 4.14. The van der Waals surface area contributed by atoms with Crippen molar-refractivity contribution >= 4 is 0 Å². The van der Waals surface area contributed by atoms with E-state index in [1.165, 1.54) is 11.3 Å². The zero-order valence-corrected chi connectivity index (χ0v) is 8.40. The number of benzene rings is 1. The van der Waals surface area contributed by atoms with Gasteiger partial charge in [-0.2, -0.15) is 0 Å². The van der Waals surface area contributed by atoms with E-state index >= 15 is 0 Å². The minimum absolute atomic E-state index is 0.579. The van der Waals surface area contributed by atoms with Crippen LogP contribution in [-0.4, -0.2) is 4.98 Å². The van der Waals surface area contributed by atoms with Crippen LogP contribution in [0.2, 0.25) is 0 Å². The fourth-order valence-corrected chi connectivity index (χ4v) is 1.72. The van der Waals surface area contributed by atoms with Crippen LogP contribution in [-0.2, 0) is 6.42 Å². The summed E-state index contributed by atoms with van der Waals surface area (Å²) in [5, 5.41) is 0. The van der Waals surface area contributed by atoms with Gasteiger partial charge in [-0.3, -0.25) is 0 Å². The van der Waals surface area contributed by atoms with Crippen molar-refractivity contribution in [2.24, 2.45) is 0 Å². The van der Waals surface area contributed by atoms with Crippen LogP contribution in [0.5, 0.6) is 0 Å². The summed E-state index contributed by atoms with van der Waals surface area (Å²) in [5.74, 6) is 0.579. The standard InChI is InChI=1S/C13H15N/c1-11(10-13-8-5-9-14-13)12-6-3-2-4-7-12/h2-9,11,14H,10H2,1H3. The smallest absolute Gasteiger partial charge is 0.0153 e. The van der Waals surface area contributed by atoms with Gasteiger partial charge in [-0.15, -0.1) is 0 Å². The van der Waals surface area contributed by atoms with Gasteiger partial charge in [-0.05, 0) is 30.0 Å². The monoisotopic (exact) mass is 185 g/mol. The number of hydrogen-bond acceptors (Lipinski definition) is 0. The molecule has 0 aliphatic carbocycles. The molecule has 1 nitrogen and oxygen atoms in total. The maximum Gasteiger partial charge on any atom is 0.0153 e. The first kappa shape index (κ1) is 9.07. The minimum Gasteiger partial charge on any atom is -0.365 e. The Morgan fingerprint density at radius 2 is 1.86 bits per heavy atom. The molecule has 1 atom stereocenters. The summed E-state index contributed by atoms with van der Waals surface area (Å²) in [6.07, 6.45) is 3.06. The van der Waals surface area contributed by atoms with Gasteiger partial charge in [0.25, 0.3) is 0 Å². The summed E-state index contributed by atoms with van der Waals surface area (Å²) in [6.45, 7) is 2.26. The first-order valence-corrected chi connectivity index (χ1v) is 5.03. The fraction of sp³-hybridized carbons (Fsp3) is 0.231. The predicted molar refractivity (Wildman–Crippen MR) is 59.4 cm³/mol. The molecule has 14 heavy (non-hydrogen) atoms. The van der Waals surface area contributed by atoms with E-state index in [2.05, 4.69) is 48.3 Å². The normalized spacial score (nSPS) is 12.6. The predicted octanol–water partition coefficient (Wildman–Crippen LogP) is 3.36. The molecule has 1 heterocycles. The van der Waals surface area contributed by atoms with E-state index in [0.29, 0.717) is 5.92 Å². The van der Waals surface area contributed by atoms with Crippen molar-refractivity contribution in [2.75, 3.05) is 0 Å². The van der Waals surface area contributed by atoms with Gasteiger partial charge >= 0.3 is 0 Å². The largest absolute Gasteiger partial charge is 0.365 e. The van der Waals surface area contributed by atoms with E-state index in [1.807, 2.05) is 12.3 Å². The van der Waals surface area contributed by atoms with Gasteiger partial charge < -0.3 is 4.98 Å². The molecule has 0 aliphatic heterocycles. The lowest BCUT2D eigenvalue weighted by Crippen LogP contribution is -1.98. The number of aromatic amines is 1. The molecule has 1 aromatic heterocycles. The Bertz CT molecular complexity index is 361. The molecule has 0 aliphatic rings. The molecule has 1 unspecified atom stereocenters. The zero-order chi connectivity index (χ0) is 9.80. The van der Waals surface area contributed by atoms with Gasteiger partial charge in [0.2, 0.25) is 0 Å². The van der Waals surface area contributed by atoms with Gasteiger partial charge in [0.15, 0.2) is 0 Å². The third-order valence-corrected chi connectivity index (χ3v) is 2.56. The molecule has 1 N–H and O–H groups in total. The molecule has 0 saturated carbocycles. The Morgan fingerprint density at radius 3 is 2.50 bits per heavy atom. The molecule has 0 spiro atoms. The second-order valence-electron chi connectivity index (χ2n) is 3.71. The van der Waals surface area contributed by atoms with Crippen LogP contribution < -0.4 is 0 Å². The highest BCUT2D eigenvalue weighted by Crippen LogP contribution is 2.18. The molecule has 0 radical (unpaired) electrons. The number of rotatable bonds is 3. The lowest BCUT2D eigenvalue weighted by atomic mass is 9.96. The van der Waals surface area contributed by atoms with Gasteiger partial charge in [0.1, 0.15) is 0 Å². The molecule has 72 valence electrons. The van der Waals surface area contributed by atoms with Crippen molar-refractivity contribution in [3.05, 3.63) is 59.9 Å². The molecule has 0 saturated heterocycles.